The van der Waals surface area contributed by atoms with E-state index in [0.717, 1.165) is 43.8 Å². The summed E-state index contributed by atoms with van der Waals surface area (Å²) in [5.74, 6) is -0.0287. The summed E-state index contributed by atoms with van der Waals surface area (Å²) in [6, 6.07) is 11.6. The summed E-state index contributed by atoms with van der Waals surface area (Å²) in [7, 11) is 1.83. The van der Waals surface area contributed by atoms with Gasteiger partial charge in [0.05, 0.1) is 18.7 Å². The molecule has 1 aliphatic heterocycles. The van der Waals surface area contributed by atoms with E-state index >= 15 is 0 Å². The molecule has 5 heteroatoms. The predicted molar refractivity (Wildman–Crippen MR) is 86.0 cm³/mol. The molecule has 0 unspecified atom stereocenters. The van der Waals surface area contributed by atoms with Crippen LogP contribution < -0.4 is 0 Å². The van der Waals surface area contributed by atoms with Gasteiger partial charge in [0.15, 0.2) is 0 Å². The molecule has 0 N–H and O–H groups in total. The summed E-state index contributed by atoms with van der Waals surface area (Å²) in [5, 5.41) is 1.05. The topological polar surface area (TPSA) is 45.7 Å². The van der Waals surface area contributed by atoms with E-state index in [-0.39, 0.29) is 5.91 Å². The number of hydrogen-bond donors (Lipinski definition) is 0. The number of benzene rings is 1. The number of ether oxygens (including phenoxy) is 1. The molecule has 22 heavy (non-hydrogen) atoms. The zero-order valence-electron chi connectivity index (χ0n) is 12.9. The highest BCUT2D eigenvalue weighted by atomic mass is 16.5. The minimum atomic E-state index is -0.0287. The van der Waals surface area contributed by atoms with E-state index in [9.17, 15) is 4.79 Å². The van der Waals surface area contributed by atoms with Crippen molar-refractivity contribution in [2.75, 3.05) is 46.4 Å². The molecule has 1 aliphatic rings. The van der Waals surface area contributed by atoms with Gasteiger partial charge >= 0.3 is 0 Å². The van der Waals surface area contributed by atoms with Crippen LogP contribution >= 0.6 is 0 Å². The Hall–Kier alpha value is -1.98. The van der Waals surface area contributed by atoms with Gasteiger partial charge in [-0.15, -0.1) is 0 Å². The van der Waals surface area contributed by atoms with Crippen molar-refractivity contribution < 1.29 is 9.53 Å². The van der Waals surface area contributed by atoms with Crippen LogP contribution in [0.25, 0.3) is 10.9 Å². The van der Waals surface area contributed by atoms with E-state index in [1.165, 1.54) is 0 Å². The van der Waals surface area contributed by atoms with Crippen LogP contribution in [0.5, 0.6) is 0 Å². The average Bonchev–Trinajstić information content (AvgIpc) is 2.59. The van der Waals surface area contributed by atoms with Crippen LogP contribution in [0.15, 0.2) is 36.4 Å². The lowest BCUT2D eigenvalue weighted by atomic mass is 10.2. The van der Waals surface area contributed by atoms with E-state index in [1.54, 1.807) is 11.0 Å². The first-order valence-corrected chi connectivity index (χ1v) is 7.65. The molecule has 0 radical (unpaired) electrons. The molecule has 116 valence electrons. The second kappa shape index (κ2) is 6.85. The van der Waals surface area contributed by atoms with Crippen molar-refractivity contribution in [3.8, 4) is 0 Å². The number of morpholine rings is 1. The minimum absolute atomic E-state index is 0.0287. The van der Waals surface area contributed by atoms with Gasteiger partial charge in [0.25, 0.3) is 5.91 Å². The Labute approximate surface area is 130 Å². The number of pyridine rings is 1. The molecule has 2 heterocycles. The number of nitrogens with zero attached hydrogens (tertiary/aromatic N) is 3. The number of likely N-dealkylation sites (N-methyl/N-ethyl adjacent to an activating group) is 1. The maximum Gasteiger partial charge on any atom is 0.272 e. The number of fused-ring (bicyclic) bond motifs is 1. The molecule has 0 atom stereocenters. The summed E-state index contributed by atoms with van der Waals surface area (Å²) >= 11 is 0. The van der Waals surface area contributed by atoms with Crippen LogP contribution in [0.3, 0.4) is 0 Å². The van der Waals surface area contributed by atoms with Crippen LogP contribution in [-0.2, 0) is 4.74 Å². The van der Waals surface area contributed by atoms with E-state index in [1.807, 2.05) is 37.4 Å². The molecule has 1 amide bonds. The number of rotatable bonds is 4. The van der Waals surface area contributed by atoms with Crippen LogP contribution in [0.1, 0.15) is 10.5 Å². The molecule has 0 bridgehead atoms. The molecule has 2 aromatic rings. The van der Waals surface area contributed by atoms with Gasteiger partial charge in [-0.1, -0.05) is 24.3 Å². The molecule has 0 saturated carbocycles. The van der Waals surface area contributed by atoms with E-state index < -0.39 is 0 Å². The highest BCUT2D eigenvalue weighted by Gasteiger charge is 2.16. The number of hydrogen-bond acceptors (Lipinski definition) is 4. The summed E-state index contributed by atoms with van der Waals surface area (Å²) in [4.78, 5) is 21.0. The van der Waals surface area contributed by atoms with Gasteiger partial charge in [0.2, 0.25) is 0 Å². The number of carbonyl (C=O) groups is 1. The Bertz CT molecular complexity index is 653. The maximum atomic E-state index is 12.5. The van der Waals surface area contributed by atoms with Gasteiger partial charge in [0, 0.05) is 38.6 Å². The Morgan fingerprint density at radius 3 is 2.82 bits per heavy atom. The number of aromatic nitrogens is 1. The summed E-state index contributed by atoms with van der Waals surface area (Å²) in [6.07, 6.45) is 0. The molecular weight excluding hydrogens is 278 g/mol. The zero-order chi connectivity index (χ0) is 15.4. The van der Waals surface area contributed by atoms with Crippen molar-refractivity contribution in [3.05, 3.63) is 42.1 Å². The second-order valence-electron chi connectivity index (χ2n) is 5.57. The quantitative estimate of drug-likeness (QED) is 0.861. The zero-order valence-corrected chi connectivity index (χ0v) is 12.9. The van der Waals surface area contributed by atoms with Gasteiger partial charge in [-0.2, -0.15) is 0 Å². The van der Waals surface area contributed by atoms with Crippen LogP contribution in [0, 0.1) is 0 Å². The normalized spacial score (nSPS) is 15.9. The Morgan fingerprint density at radius 1 is 1.23 bits per heavy atom. The van der Waals surface area contributed by atoms with Crippen molar-refractivity contribution in [2.45, 2.75) is 0 Å². The van der Waals surface area contributed by atoms with Gasteiger partial charge in [-0.25, -0.2) is 4.98 Å². The Balaban J connectivity index is 1.63. The van der Waals surface area contributed by atoms with Gasteiger partial charge in [-0.3, -0.25) is 9.69 Å². The molecule has 5 nitrogen and oxygen atoms in total. The molecular formula is C17H21N3O2. The fraction of sp³-hybridized carbons (Fsp3) is 0.412. The predicted octanol–water partition coefficient (Wildman–Crippen LogP) is 1.64. The SMILES string of the molecule is CN(CCN1CCOCC1)C(=O)c1ccc2ccccc2n1. The van der Waals surface area contributed by atoms with Crippen molar-refractivity contribution in [2.24, 2.45) is 0 Å². The molecule has 0 aliphatic carbocycles. The molecule has 3 rings (SSSR count). The van der Waals surface area contributed by atoms with Gasteiger partial charge in [-0.05, 0) is 12.1 Å². The first-order valence-electron chi connectivity index (χ1n) is 7.65. The first kappa shape index (κ1) is 14.9. The lowest BCUT2D eigenvalue weighted by Crippen LogP contribution is -2.42. The monoisotopic (exact) mass is 299 g/mol. The minimum Gasteiger partial charge on any atom is -0.379 e. The number of para-hydroxylation sites is 1. The van der Waals surface area contributed by atoms with Crippen molar-refractivity contribution >= 4 is 16.8 Å². The molecule has 1 saturated heterocycles. The van der Waals surface area contributed by atoms with Crippen LogP contribution in [0.2, 0.25) is 0 Å². The average molecular weight is 299 g/mol. The summed E-state index contributed by atoms with van der Waals surface area (Å²) in [5.41, 5.74) is 1.36. The molecule has 1 fully saturated rings. The fourth-order valence-electron chi connectivity index (χ4n) is 2.60. The van der Waals surface area contributed by atoms with Crippen molar-refractivity contribution in [1.82, 2.24) is 14.8 Å². The highest BCUT2D eigenvalue weighted by molar-refractivity contribution is 5.94. The fourth-order valence-corrected chi connectivity index (χ4v) is 2.60. The number of amides is 1. The first-order chi connectivity index (χ1) is 10.7. The van der Waals surface area contributed by atoms with Crippen LogP contribution in [-0.4, -0.2) is 67.1 Å². The highest BCUT2D eigenvalue weighted by Crippen LogP contribution is 2.12. The van der Waals surface area contributed by atoms with E-state index in [0.29, 0.717) is 12.2 Å². The van der Waals surface area contributed by atoms with Gasteiger partial charge < -0.3 is 9.64 Å². The van der Waals surface area contributed by atoms with Gasteiger partial charge in [0.1, 0.15) is 5.69 Å². The van der Waals surface area contributed by atoms with Crippen molar-refractivity contribution in [1.29, 1.82) is 0 Å². The summed E-state index contributed by atoms with van der Waals surface area (Å²) < 4.78 is 5.33. The third-order valence-electron chi connectivity index (χ3n) is 4.02. The molecule has 1 aromatic carbocycles. The van der Waals surface area contributed by atoms with Crippen LogP contribution in [0.4, 0.5) is 0 Å². The molecule has 0 spiro atoms. The van der Waals surface area contributed by atoms with E-state index in [2.05, 4.69) is 9.88 Å². The Morgan fingerprint density at radius 2 is 2.00 bits per heavy atom. The standard InChI is InChI=1S/C17H21N3O2/c1-19(8-9-20-10-12-22-13-11-20)17(21)16-7-6-14-4-2-3-5-15(14)18-16/h2-7H,8-13H2,1H3. The maximum absolute atomic E-state index is 12.5. The van der Waals surface area contributed by atoms with E-state index in [4.69, 9.17) is 4.74 Å². The third-order valence-corrected chi connectivity index (χ3v) is 4.02. The lowest BCUT2D eigenvalue weighted by Gasteiger charge is -2.28. The largest absolute Gasteiger partial charge is 0.379 e. The third kappa shape index (κ3) is 3.43. The lowest BCUT2D eigenvalue weighted by molar-refractivity contribution is 0.0338. The molecule has 1 aromatic heterocycles. The number of carbonyl (C=O) groups excluding carboxylic acids is 1. The Kier molecular flexibility index (Phi) is 4.65. The van der Waals surface area contributed by atoms with Crippen molar-refractivity contribution in [3.63, 3.8) is 0 Å². The summed E-state index contributed by atoms with van der Waals surface area (Å²) in [6.45, 7) is 5.02. The smallest absolute Gasteiger partial charge is 0.272 e. The second-order valence-corrected chi connectivity index (χ2v) is 5.57.